The molecule has 2 aliphatic rings. The number of rotatable bonds is 0. The molecule has 2 heterocycles. The van der Waals surface area contributed by atoms with E-state index in [1.165, 1.54) is 6.20 Å². The normalized spacial score (nSPS) is 25.9. The first-order valence-electron chi connectivity index (χ1n) is 4.36. The molecule has 0 radical (unpaired) electrons. The van der Waals surface area contributed by atoms with Gasteiger partial charge in [-0.15, -0.1) is 0 Å². The van der Waals surface area contributed by atoms with Crippen LogP contribution >= 0.6 is 0 Å². The Morgan fingerprint density at radius 2 is 2.07 bits per heavy atom. The van der Waals surface area contributed by atoms with Crippen LogP contribution in [0.5, 0.6) is 0 Å². The van der Waals surface area contributed by atoms with Gasteiger partial charge >= 0.3 is 0 Å². The summed E-state index contributed by atoms with van der Waals surface area (Å²) in [5, 5.41) is 3.07. The van der Waals surface area contributed by atoms with Crippen molar-refractivity contribution in [3.8, 4) is 0 Å². The molecule has 0 aromatic heterocycles. The Labute approximate surface area is 82.4 Å². The van der Waals surface area contributed by atoms with Crippen molar-refractivity contribution >= 4 is 15.0 Å². The maximum atomic E-state index is 11.6. The molecule has 0 aromatic carbocycles. The van der Waals surface area contributed by atoms with Crippen molar-refractivity contribution in [3.63, 3.8) is 0 Å². The molecule has 0 atom stereocenters. The van der Waals surface area contributed by atoms with Gasteiger partial charge in [-0.25, -0.2) is 13.4 Å². The highest BCUT2D eigenvalue weighted by Crippen LogP contribution is 2.15. The molecule has 1 saturated heterocycles. The van der Waals surface area contributed by atoms with Gasteiger partial charge in [0.25, 0.3) is 9.84 Å². The first-order chi connectivity index (χ1) is 6.62. The summed E-state index contributed by atoms with van der Waals surface area (Å²) in [4.78, 5) is 5.57. The standard InChI is InChI=1S/C7H12N4O2S/c8-6-5-10-7(14(6,12)13)11-3-1-9-2-4-11/h5,9H,1-4,8H2. The fourth-order valence-electron chi connectivity index (χ4n) is 1.47. The van der Waals surface area contributed by atoms with E-state index in [1.807, 2.05) is 0 Å². The Morgan fingerprint density at radius 3 is 2.57 bits per heavy atom. The minimum Gasteiger partial charge on any atom is -0.388 e. The molecule has 2 aliphatic heterocycles. The van der Waals surface area contributed by atoms with E-state index < -0.39 is 9.84 Å². The molecule has 0 spiro atoms. The van der Waals surface area contributed by atoms with Gasteiger partial charge in [0.05, 0.1) is 6.20 Å². The molecule has 0 bridgehead atoms. The van der Waals surface area contributed by atoms with Crippen molar-refractivity contribution < 1.29 is 8.42 Å². The van der Waals surface area contributed by atoms with E-state index in [-0.39, 0.29) is 10.2 Å². The van der Waals surface area contributed by atoms with Gasteiger partial charge in [0.15, 0.2) is 5.03 Å². The van der Waals surface area contributed by atoms with Crippen LogP contribution in [0.4, 0.5) is 0 Å². The average molecular weight is 216 g/mol. The quantitative estimate of drug-likeness (QED) is 0.511. The Morgan fingerprint density at radius 1 is 1.43 bits per heavy atom. The molecule has 2 rings (SSSR count). The summed E-state index contributed by atoms with van der Waals surface area (Å²) in [5.74, 6) is 0. The topological polar surface area (TPSA) is 87.8 Å². The maximum Gasteiger partial charge on any atom is 0.255 e. The van der Waals surface area contributed by atoms with Gasteiger partial charge < -0.3 is 16.0 Å². The zero-order chi connectivity index (χ0) is 10.2. The Bertz CT molecular complexity index is 392. The number of nitrogens with two attached hydrogens (primary N) is 1. The molecule has 0 aromatic rings. The zero-order valence-electron chi connectivity index (χ0n) is 7.60. The van der Waals surface area contributed by atoms with Gasteiger partial charge in [-0.1, -0.05) is 0 Å². The van der Waals surface area contributed by atoms with E-state index in [2.05, 4.69) is 10.3 Å². The Balaban J connectivity index is 2.22. The number of hydrogen-bond acceptors (Lipinski definition) is 6. The highest BCUT2D eigenvalue weighted by molar-refractivity contribution is 8.09. The number of amidine groups is 1. The predicted octanol–water partition coefficient (Wildman–Crippen LogP) is -1.57. The monoisotopic (exact) mass is 216 g/mol. The lowest BCUT2D eigenvalue weighted by Gasteiger charge is -2.28. The molecule has 0 aliphatic carbocycles. The number of nitrogens with zero attached hydrogens (tertiary/aromatic N) is 2. The number of aliphatic imine (C=N–C) groups is 1. The van der Waals surface area contributed by atoms with Gasteiger partial charge in [-0.3, -0.25) is 0 Å². The van der Waals surface area contributed by atoms with Gasteiger partial charge in [0.2, 0.25) is 5.17 Å². The first-order valence-corrected chi connectivity index (χ1v) is 5.85. The van der Waals surface area contributed by atoms with Crippen LogP contribution in [0, 0.1) is 0 Å². The van der Waals surface area contributed by atoms with Crippen molar-refractivity contribution in [1.82, 2.24) is 10.2 Å². The third-order valence-electron chi connectivity index (χ3n) is 2.24. The molecule has 78 valence electrons. The van der Waals surface area contributed by atoms with E-state index in [0.717, 1.165) is 13.1 Å². The Hall–Kier alpha value is -1.08. The lowest BCUT2D eigenvalue weighted by Crippen LogP contribution is -2.48. The first kappa shape index (κ1) is 9.47. The lowest BCUT2D eigenvalue weighted by atomic mass is 10.4. The second kappa shape index (κ2) is 3.25. The fraction of sp³-hybridized carbons (Fsp3) is 0.571. The van der Waals surface area contributed by atoms with Crippen molar-refractivity contribution in [2.24, 2.45) is 10.7 Å². The zero-order valence-corrected chi connectivity index (χ0v) is 8.42. The molecule has 1 fully saturated rings. The molecule has 3 N–H and O–H groups in total. The van der Waals surface area contributed by atoms with Crippen LogP contribution in [-0.2, 0) is 9.84 Å². The van der Waals surface area contributed by atoms with Crippen LogP contribution in [-0.4, -0.2) is 44.7 Å². The molecule has 6 nitrogen and oxygen atoms in total. The van der Waals surface area contributed by atoms with Crippen LogP contribution in [0.3, 0.4) is 0 Å². The molecule has 0 amide bonds. The third-order valence-corrected chi connectivity index (χ3v) is 3.81. The summed E-state index contributed by atoms with van der Waals surface area (Å²) >= 11 is 0. The van der Waals surface area contributed by atoms with Crippen LogP contribution in [0.25, 0.3) is 0 Å². The number of piperazine rings is 1. The van der Waals surface area contributed by atoms with E-state index in [0.29, 0.717) is 13.1 Å². The van der Waals surface area contributed by atoms with Gasteiger partial charge in [-0.05, 0) is 0 Å². The summed E-state index contributed by atoms with van der Waals surface area (Å²) in [5.41, 5.74) is 5.33. The predicted molar refractivity (Wildman–Crippen MR) is 53.1 cm³/mol. The second-order valence-electron chi connectivity index (χ2n) is 3.18. The van der Waals surface area contributed by atoms with E-state index in [9.17, 15) is 8.42 Å². The summed E-state index contributed by atoms with van der Waals surface area (Å²) in [6.07, 6.45) is 1.20. The largest absolute Gasteiger partial charge is 0.388 e. The second-order valence-corrected chi connectivity index (χ2v) is 5.03. The number of sulfone groups is 1. The molecular formula is C7H12N4O2S. The molecule has 14 heavy (non-hydrogen) atoms. The van der Waals surface area contributed by atoms with E-state index >= 15 is 0 Å². The highest BCUT2D eigenvalue weighted by atomic mass is 32.2. The molecule has 0 saturated carbocycles. The summed E-state index contributed by atoms with van der Waals surface area (Å²) in [6.45, 7) is 2.85. The van der Waals surface area contributed by atoms with Crippen molar-refractivity contribution in [2.75, 3.05) is 26.2 Å². The summed E-state index contributed by atoms with van der Waals surface area (Å²) < 4.78 is 23.2. The van der Waals surface area contributed by atoms with Crippen LogP contribution < -0.4 is 11.1 Å². The number of nitrogens with one attached hydrogen (secondary N) is 1. The van der Waals surface area contributed by atoms with Crippen molar-refractivity contribution in [3.05, 3.63) is 11.2 Å². The van der Waals surface area contributed by atoms with Crippen LogP contribution in [0.15, 0.2) is 16.2 Å². The van der Waals surface area contributed by atoms with E-state index in [4.69, 9.17) is 5.73 Å². The van der Waals surface area contributed by atoms with Gasteiger partial charge in [0, 0.05) is 26.2 Å². The minimum absolute atomic E-state index is 0.0940. The number of hydrogen-bond donors (Lipinski definition) is 2. The lowest BCUT2D eigenvalue weighted by molar-refractivity contribution is 0.361. The molecule has 7 heteroatoms. The molecule has 0 unspecified atom stereocenters. The Kier molecular flexibility index (Phi) is 2.20. The van der Waals surface area contributed by atoms with Crippen LogP contribution in [0.2, 0.25) is 0 Å². The van der Waals surface area contributed by atoms with E-state index in [1.54, 1.807) is 4.90 Å². The van der Waals surface area contributed by atoms with Crippen molar-refractivity contribution in [2.45, 2.75) is 0 Å². The fourth-order valence-corrected chi connectivity index (χ4v) is 2.59. The van der Waals surface area contributed by atoms with Gasteiger partial charge in [-0.2, -0.15) is 0 Å². The minimum atomic E-state index is -3.48. The maximum absolute atomic E-state index is 11.6. The van der Waals surface area contributed by atoms with Gasteiger partial charge in [0.1, 0.15) is 0 Å². The highest BCUT2D eigenvalue weighted by Gasteiger charge is 2.32. The van der Waals surface area contributed by atoms with Crippen molar-refractivity contribution in [1.29, 1.82) is 0 Å². The summed E-state index contributed by atoms with van der Waals surface area (Å²) in [7, 11) is -3.48. The molecular weight excluding hydrogens is 204 g/mol. The smallest absolute Gasteiger partial charge is 0.255 e. The average Bonchev–Trinajstić information content (AvgIpc) is 2.44. The summed E-state index contributed by atoms with van der Waals surface area (Å²) in [6, 6.07) is 0. The van der Waals surface area contributed by atoms with Crippen LogP contribution in [0.1, 0.15) is 0 Å². The third kappa shape index (κ3) is 1.38. The SMILES string of the molecule is NC1=CN=C(N2CCNCC2)S1(=O)=O.